The highest BCUT2D eigenvalue weighted by molar-refractivity contribution is 7.91. The van der Waals surface area contributed by atoms with Gasteiger partial charge in [0.05, 0.1) is 16.2 Å². The highest BCUT2D eigenvalue weighted by Crippen LogP contribution is 2.19. The molecule has 1 aromatic rings. The molecule has 0 aliphatic heterocycles. The van der Waals surface area contributed by atoms with E-state index >= 15 is 0 Å². The van der Waals surface area contributed by atoms with E-state index < -0.39 is 15.8 Å². The van der Waals surface area contributed by atoms with E-state index in [0.29, 0.717) is 12.1 Å². The number of aryl methyl sites for hydroxylation is 1. The molecule has 0 spiro atoms. The van der Waals surface area contributed by atoms with Gasteiger partial charge in [0.15, 0.2) is 9.84 Å². The number of carbonyl (C=O) groups is 2. The lowest BCUT2D eigenvalue weighted by molar-refractivity contribution is -0.120. The normalized spacial score (nSPS) is 11.1. The van der Waals surface area contributed by atoms with Crippen molar-refractivity contribution in [1.29, 1.82) is 0 Å². The monoisotopic (exact) mass is 299 g/mol. The molecule has 0 saturated heterocycles. The zero-order chi connectivity index (χ0) is 15.3. The third kappa shape index (κ3) is 4.06. The van der Waals surface area contributed by atoms with Crippen LogP contribution in [0.25, 0.3) is 0 Å². The molecule has 20 heavy (non-hydrogen) atoms. The molecule has 7 heteroatoms. The van der Waals surface area contributed by atoms with Crippen LogP contribution in [-0.2, 0) is 14.6 Å². The first-order valence-electron chi connectivity index (χ1n) is 6.11. The molecular formula is C13H17NO5S. The van der Waals surface area contributed by atoms with Crippen molar-refractivity contribution in [3.8, 4) is 0 Å². The summed E-state index contributed by atoms with van der Waals surface area (Å²) in [5.74, 6) is -1.88. The summed E-state index contributed by atoms with van der Waals surface area (Å²) in [7, 11) is -3.68. The Morgan fingerprint density at radius 1 is 1.30 bits per heavy atom. The number of carboxylic acid groups (broad SMARTS) is 1. The molecule has 1 rings (SSSR count). The topological polar surface area (TPSA) is 101 Å². The second kappa shape index (κ2) is 6.51. The van der Waals surface area contributed by atoms with Gasteiger partial charge < -0.3 is 10.4 Å². The van der Waals surface area contributed by atoms with Gasteiger partial charge in [-0.3, -0.25) is 4.79 Å². The number of hydrogen-bond donors (Lipinski definition) is 2. The zero-order valence-electron chi connectivity index (χ0n) is 11.3. The van der Waals surface area contributed by atoms with Crippen LogP contribution in [0.1, 0.15) is 29.3 Å². The minimum absolute atomic E-state index is 0.0401. The summed E-state index contributed by atoms with van der Waals surface area (Å²) in [5.41, 5.74) is 0.373. The molecule has 0 radical (unpaired) electrons. The molecule has 1 amide bonds. The lowest BCUT2D eigenvalue weighted by Crippen LogP contribution is -2.25. The van der Waals surface area contributed by atoms with E-state index in [1.165, 1.54) is 12.1 Å². The molecule has 110 valence electrons. The van der Waals surface area contributed by atoms with Gasteiger partial charge in [0, 0.05) is 13.0 Å². The van der Waals surface area contributed by atoms with Gasteiger partial charge in [0.2, 0.25) is 5.91 Å². The lowest BCUT2D eigenvalue weighted by atomic mass is 10.1. The summed E-state index contributed by atoms with van der Waals surface area (Å²) >= 11 is 0. The van der Waals surface area contributed by atoms with E-state index in [-0.39, 0.29) is 28.5 Å². The molecule has 0 heterocycles. The smallest absolute Gasteiger partial charge is 0.335 e. The molecule has 0 atom stereocenters. The largest absolute Gasteiger partial charge is 0.478 e. The van der Waals surface area contributed by atoms with Crippen molar-refractivity contribution < 1.29 is 23.1 Å². The highest BCUT2D eigenvalue weighted by atomic mass is 32.2. The minimum atomic E-state index is -3.68. The zero-order valence-corrected chi connectivity index (χ0v) is 12.2. The number of carbonyl (C=O) groups excluding carboxylic acids is 1. The van der Waals surface area contributed by atoms with Gasteiger partial charge in [-0.15, -0.1) is 0 Å². The second-order valence-electron chi connectivity index (χ2n) is 4.31. The van der Waals surface area contributed by atoms with E-state index in [1.807, 2.05) is 0 Å². The van der Waals surface area contributed by atoms with E-state index in [0.717, 1.165) is 6.07 Å². The van der Waals surface area contributed by atoms with Crippen LogP contribution >= 0.6 is 0 Å². The minimum Gasteiger partial charge on any atom is -0.478 e. The maximum Gasteiger partial charge on any atom is 0.335 e. The number of hydrogen-bond acceptors (Lipinski definition) is 4. The third-order valence-electron chi connectivity index (χ3n) is 2.74. The Morgan fingerprint density at radius 2 is 1.95 bits per heavy atom. The Kier molecular flexibility index (Phi) is 5.26. The van der Waals surface area contributed by atoms with Crippen molar-refractivity contribution in [2.24, 2.45) is 0 Å². The van der Waals surface area contributed by atoms with E-state index in [2.05, 4.69) is 5.32 Å². The molecule has 1 aromatic carbocycles. The predicted molar refractivity (Wildman–Crippen MR) is 73.5 cm³/mol. The average molecular weight is 299 g/mol. The Morgan fingerprint density at radius 3 is 2.50 bits per heavy atom. The maximum absolute atomic E-state index is 12.2. The number of amides is 1. The number of rotatable bonds is 6. The summed E-state index contributed by atoms with van der Waals surface area (Å²) in [5, 5.41) is 11.4. The number of nitrogens with one attached hydrogen (secondary N) is 1. The number of benzene rings is 1. The van der Waals surface area contributed by atoms with Crippen molar-refractivity contribution >= 4 is 21.7 Å². The molecule has 0 unspecified atom stereocenters. The van der Waals surface area contributed by atoms with Crippen LogP contribution in [0.5, 0.6) is 0 Å². The summed E-state index contributed by atoms with van der Waals surface area (Å²) < 4.78 is 24.3. The van der Waals surface area contributed by atoms with Crippen LogP contribution in [0.2, 0.25) is 0 Å². The van der Waals surface area contributed by atoms with Crippen LogP contribution in [-0.4, -0.2) is 37.7 Å². The first kappa shape index (κ1) is 16.2. The van der Waals surface area contributed by atoms with Gasteiger partial charge in [-0.1, -0.05) is 6.07 Å². The van der Waals surface area contributed by atoms with Gasteiger partial charge in [0.25, 0.3) is 0 Å². The predicted octanol–water partition coefficient (Wildman–Crippen LogP) is 0.993. The van der Waals surface area contributed by atoms with Crippen molar-refractivity contribution in [3.63, 3.8) is 0 Å². The van der Waals surface area contributed by atoms with Crippen molar-refractivity contribution in [1.82, 2.24) is 5.32 Å². The molecule has 0 fully saturated rings. The first-order valence-corrected chi connectivity index (χ1v) is 7.76. The molecule has 0 saturated carbocycles. The Bertz CT molecular complexity index is 622. The summed E-state index contributed by atoms with van der Waals surface area (Å²) in [6, 6.07) is 3.92. The molecular weight excluding hydrogens is 282 g/mol. The maximum atomic E-state index is 12.2. The molecule has 2 N–H and O–H groups in total. The molecule has 0 aliphatic carbocycles. The quantitative estimate of drug-likeness (QED) is 0.816. The van der Waals surface area contributed by atoms with Crippen LogP contribution in [0, 0.1) is 6.92 Å². The van der Waals surface area contributed by atoms with Crippen LogP contribution in [0.15, 0.2) is 23.1 Å². The van der Waals surface area contributed by atoms with E-state index in [4.69, 9.17) is 5.11 Å². The highest BCUT2D eigenvalue weighted by Gasteiger charge is 2.20. The first-order chi connectivity index (χ1) is 9.27. The average Bonchev–Trinajstić information content (AvgIpc) is 2.37. The number of aromatic carboxylic acids is 1. The van der Waals surface area contributed by atoms with Crippen molar-refractivity contribution in [2.45, 2.75) is 25.2 Å². The number of carboxylic acids is 1. The van der Waals surface area contributed by atoms with Crippen LogP contribution in [0.4, 0.5) is 0 Å². The van der Waals surface area contributed by atoms with Gasteiger partial charge >= 0.3 is 5.97 Å². The molecule has 6 nitrogen and oxygen atoms in total. The fourth-order valence-electron chi connectivity index (χ4n) is 1.69. The lowest BCUT2D eigenvalue weighted by Gasteiger charge is -2.08. The Balaban J connectivity index is 3.00. The summed E-state index contributed by atoms with van der Waals surface area (Å²) in [6.07, 6.45) is -0.146. The van der Waals surface area contributed by atoms with Crippen LogP contribution in [0.3, 0.4) is 0 Å². The van der Waals surface area contributed by atoms with Gasteiger partial charge in [-0.25, -0.2) is 13.2 Å². The van der Waals surface area contributed by atoms with Crippen molar-refractivity contribution in [3.05, 3.63) is 29.3 Å². The molecule has 0 aliphatic rings. The third-order valence-corrected chi connectivity index (χ3v) is 4.59. The fourth-order valence-corrected chi connectivity index (χ4v) is 3.23. The van der Waals surface area contributed by atoms with E-state index in [9.17, 15) is 18.0 Å². The van der Waals surface area contributed by atoms with Gasteiger partial charge in [-0.2, -0.15) is 0 Å². The fraction of sp³-hybridized carbons (Fsp3) is 0.385. The summed E-state index contributed by atoms with van der Waals surface area (Å²) in [6.45, 7) is 3.77. The van der Waals surface area contributed by atoms with Crippen LogP contribution < -0.4 is 5.32 Å². The SMILES string of the molecule is CCNC(=O)CCS(=O)(=O)c1cc(C(=O)O)ccc1C. The Labute approximate surface area is 117 Å². The van der Waals surface area contributed by atoms with Gasteiger partial charge in [-0.05, 0) is 31.5 Å². The number of sulfone groups is 1. The summed E-state index contributed by atoms with van der Waals surface area (Å²) in [4.78, 5) is 22.2. The van der Waals surface area contributed by atoms with Crippen molar-refractivity contribution in [2.75, 3.05) is 12.3 Å². The molecule has 0 bridgehead atoms. The van der Waals surface area contributed by atoms with Gasteiger partial charge in [0.1, 0.15) is 0 Å². The standard InChI is InChI=1S/C13H17NO5S/c1-3-14-12(15)6-7-20(18,19)11-8-10(13(16)17)5-4-9(11)2/h4-5,8H,3,6-7H2,1-2H3,(H,14,15)(H,16,17). The second-order valence-corrected chi connectivity index (χ2v) is 6.39. The molecule has 0 aromatic heterocycles. The Hall–Kier alpha value is -1.89. The van der Waals surface area contributed by atoms with E-state index in [1.54, 1.807) is 13.8 Å².